The Kier molecular flexibility index (Phi) is 3.29. The molecule has 0 amide bonds. The first kappa shape index (κ1) is 11.6. The van der Waals surface area contributed by atoms with E-state index in [0.29, 0.717) is 4.47 Å². The Morgan fingerprint density at radius 3 is 2.75 bits per heavy atom. The third-order valence-corrected chi connectivity index (χ3v) is 3.18. The molecule has 16 heavy (non-hydrogen) atoms. The van der Waals surface area contributed by atoms with Gasteiger partial charge in [0.25, 0.3) is 0 Å². The number of carbonyl (C=O) groups is 1. The van der Waals surface area contributed by atoms with Crippen LogP contribution in [0.1, 0.15) is 10.4 Å². The number of carboxylic acid groups (broad SMARTS) is 1. The molecule has 0 aliphatic carbocycles. The van der Waals surface area contributed by atoms with E-state index >= 15 is 0 Å². The molecule has 82 valence electrons. The minimum absolute atomic E-state index is 0.248. The van der Waals surface area contributed by atoms with Gasteiger partial charge in [-0.3, -0.25) is 0 Å². The molecule has 2 aromatic rings. The lowest BCUT2D eigenvalue weighted by Gasteiger charge is -2.05. The smallest absolute Gasteiger partial charge is 0.335 e. The van der Waals surface area contributed by atoms with E-state index in [2.05, 4.69) is 43.6 Å². The summed E-state index contributed by atoms with van der Waals surface area (Å²) in [7, 11) is 0. The molecule has 0 atom stereocenters. The minimum Gasteiger partial charge on any atom is -0.478 e. The van der Waals surface area contributed by atoms with Gasteiger partial charge in [-0.05, 0) is 56.7 Å². The molecule has 0 unspecified atom stereocenters. The van der Waals surface area contributed by atoms with E-state index in [1.165, 1.54) is 0 Å². The van der Waals surface area contributed by atoms with Crippen molar-refractivity contribution >= 4 is 44.5 Å². The molecule has 1 N–H and O–H groups in total. The van der Waals surface area contributed by atoms with E-state index < -0.39 is 5.97 Å². The second kappa shape index (κ2) is 4.54. The number of halogens is 2. The predicted molar refractivity (Wildman–Crippen MR) is 70.9 cm³/mol. The van der Waals surface area contributed by atoms with Gasteiger partial charge in [-0.2, -0.15) is 5.10 Å². The Hall–Kier alpha value is -0.890. The molecule has 0 spiro atoms. The van der Waals surface area contributed by atoms with Crippen LogP contribution in [-0.4, -0.2) is 20.9 Å². The summed E-state index contributed by atoms with van der Waals surface area (Å²) in [5, 5.41) is 13.0. The van der Waals surface area contributed by atoms with Crippen LogP contribution in [0.15, 0.2) is 35.1 Å². The number of nitrogens with zero attached hydrogens (tertiary/aromatic N) is 2. The number of hydrogen-bond acceptors (Lipinski definition) is 2. The Balaban J connectivity index is 2.47. The maximum absolute atomic E-state index is 10.8. The molecule has 1 aromatic carbocycles. The summed E-state index contributed by atoms with van der Waals surface area (Å²) in [6.07, 6.45) is 3.60. The van der Waals surface area contributed by atoms with E-state index in [1.54, 1.807) is 29.1 Å². The average molecular weight is 393 g/mol. The van der Waals surface area contributed by atoms with Crippen LogP contribution in [0.3, 0.4) is 0 Å². The lowest BCUT2D eigenvalue weighted by Crippen LogP contribution is -2.00. The zero-order valence-corrected chi connectivity index (χ0v) is 11.6. The average Bonchev–Trinajstić information content (AvgIpc) is 2.64. The van der Waals surface area contributed by atoms with Crippen LogP contribution in [0.2, 0.25) is 0 Å². The summed E-state index contributed by atoms with van der Waals surface area (Å²) in [6, 6.07) is 4.83. The highest BCUT2D eigenvalue weighted by Crippen LogP contribution is 2.22. The van der Waals surface area contributed by atoms with Crippen molar-refractivity contribution < 1.29 is 9.90 Å². The summed E-state index contributed by atoms with van der Waals surface area (Å²) in [5.74, 6) is -0.942. The van der Waals surface area contributed by atoms with Gasteiger partial charge in [0, 0.05) is 10.7 Å². The van der Waals surface area contributed by atoms with Crippen LogP contribution >= 0.6 is 38.5 Å². The molecule has 0 aliphatic heterocycles. The van der Waals surface area contributed by atoms with E-state index in [4.69, 9.17) is 5.11 Å². The zero-order chi connectivity index (χ0) is 11.7. The summed E-state index contributed by atoms with van der Waals surface area (Å²) < 4.78 is 3.41. The molecular formula is C10H6BrIN2O2. The van der Waals surface area contributed by atoms with Gasteiger partial charge in [0.05, 0.1) is 21.0 Å². The lowest BCUT2D eigenvalue weighted by molar-refractivity contribution is 0.0697. The summed E-state index contributed by atoms with van der Waals surface area (Å²) in [6.45, 7) is 0. The SMILES string of the molecule is O=C(O)c1ccc(-n2cc(I)cn2)c(Br)c1. The number of hydrogen-bond donors (Lipinski definition) is 1. The molecule has 2 rings (SSSR count). The number of benzene rings is 1. The Morgan fingerprint density at radius 2 is 2.25 bits per heavy atom. The van der Waals surface area contributed by atoms with E-state index in [-0.39, 0.29) is 5.56 Å². The van der Waals surface area contributed by atoms with Gasteiger partial charge in [0.1, 0.15) is 0 Å². The second-order valence-corrected chi connectivity index (χ2v) is 5.17. The molecule has 6 heteroatoms. The largest absolute Gasteiger partial charge is 0.478 e. The second-order valence-electron chi connectivity index (χ2n) is 3.07. The summed E-state index contributed by atoms with van der Waals surface area (Å²) in [5.41, 5.74) is 1.06. The Bertz CT molecular complexity index is 554. The van der Waals surface area contributed by atoms with Crippen LogP contribution in [0.25, 0.3) is 5.69 Å². The van der Waals surface area contributed by atoms with Crippen LogP contribution in [0, 0.1) is 3.57 Å². The number of carboxylic acids is 1. The monoisotopic (exact) mass is 392 g/mol. The van der Waals surface area contributed by atoms with Crippen molar-refractivity contribution in [2.24, 2.45) is 0 Å². The molecule has 0 fully saturated rings. The molecule has 0 saturated carbocycles. The maximum atomic E-state index is 10.8. The van der Waals surface area contributed by atoms with Crippen molar-refractivity contribution in [3.05, 3.63) is 44.2 Å². The molecular weight excluding hydrogens is 387 g/mol. The highest BCUT2D eigenvalue weighted by Gasteiger charge is 2.08. The fraction of sp³-hybridized carbons (Fsp3) is 0. The Morgan fingerprint density at radius 1 is 1.50 bits per heavy atom. The molecule has 0 saturated heterocycles. The van der Waals surface area contributed by atoms with Gasteiger partial charge in [0.15, 0.2) is 0 Å². The van der Waals surface area contributed by atoms with Crippen LogP contribution in [-0.2, 0) is 0 Å². The molecule has 0 radical (unpaired) electrons. The highest BCUT2D eigenvalue weighted by atomic mass is 127. The quantitative estimate of drug-likeness (QED) is 0.799. The Labute approximate surface area is 114 Å². The molecule has 4 nitrogen and oxygen atoms in total. The van der Waals surface area contributed by atoms with Gasteiger partial charge >= 0.3 is 5.97 Å². The van der Waals surface area contributed by atoms with Crippen molar-refractivity contribution in [3.63, 3.8) is 0 Å². The first-order chi connectivity index (χ1) is 7.58. The third-order valence-electron chi connectivity index (χ3n) is 1.99. The first-order valence-corrected chi connectivity index (χ1v) is 6.18. The fourth-order valence-corrected chi connectivity index (χ4v) is 2.21. The molecule has 1 heterocycles. The van der Waals surface area contributed by atoms with E-state index in [1.807, 2.05) is 6.20 Å². The summed E-state index contributed by atoms with van der Waals surface area (Å²) in [4.78, 5) is 10.8. The molecule has 1 aromatic heterocycles. The van der Waals surface area contributed by atoms with Gasteiger partial charge in [-0.25, -0.2) is 9.48 Å². The van der Waals surface area contributed by atoms with Gasteiger partial charge in [-0.15, -0.1) is 0 Å². The van der Waals surface area contributed by atoms with Crippen molar-refractivity contribution in [3.8, 4) is 5.69 Å². The van der Waals surface area contributed by atoms with Gasteiger partial charge in [-0.1, -0.05) is 0 Å². The molecule has 0 bridgehead atoms. The third kappa shape index (κ3) is 2.27. The number of aromatic nitrogens is 2. The number of rotatable bonds is 2. The fourth-order valence-electron chi connectivity index (χ4n) is 1.26. The van der Waals surface area contributed by atoms with E-state index in [9.17, 15) is 4.79 Å². The standard InChI is InChI=1S/C10H6BrIN2O2/c11-8-3-6(10(15)16)1-2-9(8)14-5-7(12)4-13-14/h1-5H,(H,15,16). The van der Waals surface area contributed by atoms with Gasteiger partial charge in [0.2, 0.25) is 0 Å². The van der Waals surface area contributed by atoms with E-state index in [0.717, 1.165) is 9.26 Å². The van der Waals surface area contributed by atoms with Crippen molar-refractivity contribution in [1.29, 1.82) is 0 Å². The zero-order valence-electron chi connectivity index (χ0n) is 7.89. The topological polar surface area (TPSA) is 55.1 Å². The number of aromatic carboxylic acids is 1. The molecule has 0 aliphatic rings. The van der Waals surface area contributed by atoms with Crippen molar-refractivity contribution in [2.75, 3.05) is 0 Å². The van der Waals surface area contributed by atoms with Gasteiger partial charge < -0.3 is 5.11 Å². The predicted octanol–water partition coefficient (Wildman–Crippen LogP) is 2.94. The van der Waals surface area contributed by atoms with Crippen LogP contribution in [0.5, 0.6) is 0 Å². The lowest BCUT2D eigenvalue weighted by atomic mass is 10.2. The van der Waals surface area contributed by atoms with Crippen molar-refractivity contribution in [1.82, 2.24) is 9.78 Å². The summed E-state index contributed by atoms with van der Waals surface area (Å²) >= 11 is 5.50. The van der Waals surface area contributed by atoms with Crippen LogP contribution in [0.4, 0.5) is 0 Å². The first-order valence-electron chi connectivity index (χ1n) is 4.31. The maximum Gasteiger partial charge on any atom is 0.335 e. The van der Waals surface area contributed by atoms with Crippen molar-refractivity contribution in [2.45, 2.75) is 0 Å². The minimum atomic E-state index is -0.942. The van der Waals surface area contributed by atoms with Crippen LogP contribution < -0.4 is 0 Å². The highest BCUT2D eigenvalue weighted by molar-refractivity contribution is 14.1. The normalized spacial score (nSPS) is 10.4.